The fourth-order valence-corrected chi connectivity index (χ4v) is 4.38. The van der Waals surface area contributed by atoms with Gasteiger partial charge in [0.1, 0.15) is 40.8 Å². The smallest absolute Gasteiger partial charge is 0.424 e. The molecule has 40 heavy (non-hydrogen) atoms. The summed E-state index contributed by atoms with van der Waals surface area (Å²) in [5, 5.41) is 13.1. The first-order valence-electron chi connectivity index (χ1n) is 12.2. The van der Waals surface area contributed by atoms with E-state index in [0.29, 0.717) is 0 Å². The molecule has 1 aliphatic carbocycles. The number of aliphatic hydroxyl groups is 1. The van der Waals surface area contributed by atoms with Crippen LogP contribution < -0.4 is 21.3 Å². The summed E-state index contributed by atoms with van der Waals surface area (Å²) in [6, 6.07) is 6.29. The van der Waals surface area contributed by atoms with Gasteiger partial charge in [-0.05, 0) is 50.1 Å². The molecule has 2 amide bonds. The highest BCUT2D eigenvalue weighted by molar-refractivity contribution is 5.92. The van der Waals surface area contributed by atoms with Crippen LogP contribution in [0.2, 0.25) is 0 Å². The van der Waals surface area contributed by atoms with Gasteiger partial charge in [0.05, 0.1) is 12.2 Å². The van der Waals surface area contributed by atoms with Gasteiger partial charge in [0.25, 0.3) is 11.5 Å². The van der Waals surface area contributed by atoms with Gasteiger partial charge in [0, 0.05) is 23.1 Å². The van der Waals surface area contributed by atoms with Gasteiger partial charge in [-0.2, -0.15) is 13.2 Å². The molecule has 0 radical (unpaired) electrons. The zero-order chi connectivity index (χ0) is 29.0. The molecular weight excluding hydrogens is 538 g/mol. The fraction of sp³-hybridized carbons (Fsp3) is 0.346. The number of benzene rings is 1. The number of carbonyl (C=O) groups excluding carboxylic acids is 2. The Kier molecular flexibility index (Phi) is 6.40. The zero-order valence-electron chi connectivity index (χ0n) is 20.9. The number of hydrogen-bond donors (Lipinski definition) is 4. The van der Waals surface area contributed by atoms with E-state index < -0.39 is 58.3 Å². The molecule has 5 N–H and O–H groups in total. The van der Waals surface area contributed by atoms with Gasteiger partial charge < -0.3 is 25.9 Å². The number of rotatable bonds is 7. The van der Waals surface area contributed by atoms with Crippen molar-refractivity contribution in [2.45, 2.75) is 42.9 Å². The lowest BCUT2D eigenvalue weighted by molar-refractivity contribution is -0.265. The monoisotopic (exact) mass is 561 g/mol. The summed E-state index contributed by atoms with van der Waals surface area (Å²) in [4.78, 5) is 47.6. The van der Waals surface area contributed by atoms with Crippen molar-refractivity contribution in [2.24, 2.45) is 5.73 Å². The number of hydrogen-bond acceptors (Lipinski definition) is 7. The van der Waals surface area contributed by atoms with Gasteiger partial charge in [0.15, 0.2) is 0 Å². The number of nitrogens with two attached hydrogens (primary N) is 1. The maximum absolute atomic E-state index is 14.5. The van der Waals surface area contributed by atoms with Crippen molar-refractivity contribution in [3.63, 3.8) is 0 Å². The summed E-state index contributed by atoms with van der Waals surface area (Å²) >= 11 is 0. The number of primary amides is 1. The van der Waals surface area contributed by atoms with E-state index in [1.54, 1.807) is 0 Å². The second kappa shape index (κ2) is 9.40. The molecule has 1 fully saturated rings. The van der Waals surface area contributed by atoms with Crippen LogP contribution in [-0.2, 0) is 15.8 Å². The molecule has 3 heterocycles. The summed E-state index contributed by atoms with van der Waals surface area (Å²) in [6.07, 6.45) is -3.89. The Balaban J connectivity index is 1.58. The average Bonchev–Trinajstić information content (AvgIpc) is 3.69. The third-order valence-corrected chi connectivity index (χ3v) is 7.09. The van der Waals surface area contributed by atoms with E-state index in [2.05, 4.69) is 15.0 Å². The number of nitrogens with one attached hydrogen (secondary N) is 2. The van der Waals surface area contributed by atoms with Gasteiger partial charge in [-0.3, -0.25) is 14.4 Å². The molecule has 0 bridgehead atoms. The van der Waals surface area contributed by atoms with Crippen molar-refractivity contribution in [3.05, 3.63) is 75.3 Å². The van der Waals surface area contributed by atoms with E-state index in [1.165, 1.54) is 19.1 Å². The molecule has 1 saturated carbocycles. The molecular formula is C26H23F4N5O5. The number of ether oxygens (including phenoxy) is 1. The molecule has 0 saturated heterocycles. The van der Waals surface area contributed by atoms with Crippen LogP contribution in [0.5, 0.6) is 5.75 Å². The minimum absolute atomic E-state index is 0.0464. The molecule has 2 aromatic heterocycles. The molecule has 5 rings (SSSR count). The number of pyridine rings is 1. The van der Waals surface area contributed by atoms with Crippen LogP contribution in [0.3, 0.4) is 0 Å². The lowest BCUT2D eigenvalue weighted by Gasteiger charge is -2.31. The maximum Gasteiger partial charge on any atom is 0.424 e. The molecule has 10 nitrogen and oxygen atoms in total. The van der Waals surface area contributed by atoms with Crippen LogP contribution in [0.25, 0.3) is 11.3 Å². The Hall–Kier alpha value is -4.33. The largest absolute Gasteiger partial charge is 0.489 e. The van der Waals surface area contributed by atoms with E-state index in [4.69, 9.17) is 10.5 Å². The Morgan fingerprint density at radius 1 is 1.20 bits per heavy atom. The standard InChI is InChI=1S/C26H23F4N5O5/c1-24(23(31)38)11-40-20-15(24)8-17(34-19(20)12-4-6-14(27)7-5-12)25(39,26(28,29)30)10-32-22(37)16-9-18(36)35-21(33-16)13-2-3-13/h4-9,13,39H,2-3,10-11H2,1H3,(H2,31,38)(H,32,37)(H,33,35,36)/t24-,25-/m0/s1. The Bertz CT molecular complexity index is 1570. The number of alkyl halides is 3. The van der Waals surface area contributed by atoms with E-state index in [9.17, 15) is 37.1 Å². The van der Waals surface area contributed by atoms with E-state index in [1.807, 2.05) is 5.32 Å². The van der Waals surface area contributed by atoms with Crippen molar-refractivity contribution in [3.8, 4) is 17.0 Å². The van der Waals surface area contributed by atoms with E-state index in [0.717, 1.165) is 37.1 Å². The van der Waals surface area contributed by atoms with Crippen molar-refractivity contribution in [1.29, 1.82) is 0 Å². The predicted octanol–water partition coefficient (Wildman–Crippen LogP) is 2.16. The second-order valence-electron chi connectivity index (χ2n) is 10.1. The molecule has 0 spiro atoms. The summed E-state index contributed by atoms with van der Waals surface area (Å²) in [5.74, 6) is -2.49. The molecule has 2 atom stereocenters. The summed E-state index contributed by atoms with van der Waals surface area (Å²) in [5.41, 5.74) is -1.95. The van der Waals surface area contributed by atoms with Crippen LogP contribution in [0.4, 0.5) is 17.6 Å². The number of fused-ring (bicyclic) bond motifs is 1. The molecule has 14 heteroatoms. The lowest BCUT2D eigenvalue weighted by atomic mass is 9.81. The molecule has 210 valence electrons. The number of carbonyl (C=O) groups is 2. The van der Waals surface area contributed by atoms with Crippen molar-refractivity contribution in [2.75, 3.05) is 13.2 Å². The topological polar surface area (TPSA) is 160 Å². The van der Waals surface area contributed by atoms with Crippen molar-refractivity contribution < 1.29 is 37.0 Å². The minimum Gasteiger partial charge on any atom is -0.489 e. The average molecular weight is 561 g/mol. The number of halogens is 4. The maximum atomic E-state index is 14.5. The molecule has 2 aliphatic rings. The van der Waals surface area contributed by atoms with Gasteiger partial charge in [-0.25, -0.2) is 14.4 Å². The number of H-pyrrole nitrogens is 1. The number of amides is 2. The first-order chi connectivity index (χ1) is 18.7. The highest BCUT2D eigenvalue weighted by atomic mass is 19.4. The number of nitrogens with zero attached hydrogens (tertiary/aromatic N) is 2. The summed E-state index contributed by atoms with van der Waals surface area (Å²) < 4.78 is 62.7. The van der Waals surface area contributed by atoms with Gasteiger partial charge in [-0.15, -0.1) is 0 Å². The highest BCUT2D eigenvalue weighted by Crippen LogP contribution is 2.47. The Morgan fingerprint density at radius 2 is 1.88 bits per heavy atom. The summed E-state index contributed by atoms with van der Waals surface area (Å²) in [6.45, 7) is -0.356. The van der Waals surface area contributed by atoms with E-state index >= 15 is 0 Å². The van der Waals surface area contributed by atoms with Crippen LogP contribution in [-0.4, -0.2) is 51.2 Å². The lowest BCUT2D eigenvalue weighted by Crippen LogP contribution is -2.52. The number of aromatic amines is 1. The minimum atomic E-state index is -5.38. The summed E-state index contributed by atoms with van der Waals surface area (Å²) in [7, 11) is 0. The normalized spacial score (nSPS) is 19.9. The number of aromatic nitrogens is 3. The van der Waals surface area contributed by atoms with Crippen LogP contribution in [0.1, 0.15) is 53.3 Å². The van der Waals surface area contributed by atoms with Crippen molar-refractivity contribution in [1.82, 2.24) is 20.3 Å². The SMILES string of the molecule is C[C@]1(C(N)=O)COc2c1cc([C@@](O)(CNC(=O)c1cc(=O)[nH]c(C3CC3)n1)C(F)(F)F)nc2-c1ccc(F)cc1. The zero-order valence-corrected chi connectivity index (χ0v) is 20.9. The molecule has 3 aromatic rings. The van der Waals surface area contributed by atoms with Crippen molar-refractivity contribution >= 4 is 11.8 Å². The third kappa shape index (κ3) is 4.68. The molecule has 0 unspecified atom stereocenters. The molecule has 1 aliphatic heterocycles. The quantitative estimate of drug-likeness (QED) is 0.322. The van der Waals surface area contributed by atoms with Gasteiger partial charge in [-0.1, -0.05) is 0 Å². The highest BCUT2D eigenvalue weighted by Gasteiger charge is 2.57. The first kappa shape index (κ1) is 27.2. The van der Waals surface area contributed by atoms with Gasteiger partial charge >= 0.3 is 6.18 Å². The van der Waals surface area contributed by atoms with E-state index in [-0.39, 0.29) is 40.9 Å². The molecule has 1 aromatic carbocycles. The Morgan fingerprint density at radius 3 is 2.48 bits per heavy atom. The van der Waals surface area contributed by atoms with Gasteiger partial charge in [0.2, 0.25) is 11.5 Å². The second-order valence-corrected chi connectivity index (χ2v) is 10.1. The van der Waals surface area contributed by atoms with Crippen LogP contribution in [0, 0.1) is 5.82 Å². The first-order valence-corrected chi connectivity index (χ1v) is 12.2. The fourth-order valence-electron chi connectivity index (χ4n) is 4.38. The van der Waals surface area contributed by atoms with Crippen LogP contribution >= 0.6 is 0 Å². The van der Waals surface area contributed by atoms with Crippen LogP contribution in [0.15, 0.2) is 41.2 Å². The predicted molar refractivity (Wildman–Crippen MR) is 131 cm³/mol. The Labute approximate surface area is 223 Å². The third-order valence-electron chi connectivity index (χ3n) is 7.09.